The summed E-state index contributed by atoms with van der Waals surface area (Å²) < 4.78 is 31.9. The Kier molecular flexibility index (Phi) is 4.12. The summed E-state index contributed by atoms with van der Waals surface area (Å²) in [5.74, 6) is -3.70. The third kappa shape index (κ3) is 4.22. The third-order valence-electron chi connectivity index (χ3n) is 2.93. The zero-order valence-electron chi connectivity index (χ0n) is 10.6. The Bertz CT molecular complexity index is 287. The van der Waals surface area contributed by atoms with Gasteiger partial charge in [0.2, 0.25) is 0 Å². The first-order chi connectivity index (χ1) is 7.62. The Balaban J connectivity index is 2.60. The molecule has 2 atom stereocenters. The fourth-order valence-electron chi connectivity index (χ4n) is 1.91. The molecule has 0 spiro atoms. The summed E-state index contributed by atoms with van der Waals surface area (Å²) in [5.41, 5.74) is 4.82. The van der Waals surface area contributed by atoms with E-state index in [1.54, 1.807) is 20.8 Å². The summed E-state index contributed by atoms with van der Waals surface area (Å²) in [6, 6.07) is -1.14. The molecule has 1 rings (SSSR count). The quantitative estimate of drug-likeness (QED) is 0.573. The smallest absolute Gasteiger partial charge is 0.309 e. The second kappa shape index (κ2) is 4.88. The molecule has 0 amide bonds. The van der Waals surface area contributed by atoms with E-state index in [0.29, 0.717) is 6.42 Å². The molecule has 1 aliphatic rings. The molecule has 0 saturated heterocycles. The van der Waals surface area contributed by atoms with Crippen LogP contribution in [0.1, 0.15) is 46.5 Å². The number of ether oxygens (including phenoxy) is 1. The van der Waals surface area contributed by atoms with E-state index >= 15 is 0 Å². The number of carbonyl (C=O) groups is 1. The topological polar surface area (TPSA) is 52.3 Å². The van der Waals surface area contributed by atoms with Crippen molar-refractivity contribution in [2.24, 2.45) is 11.7 Å². The highest BCUT2D eigenvalue weighted by Gasteiger charge is 2.41. The highest BCUT2D eigenvalue weighted by Crippen LogP contribution is 2.34. The molecule has 1 saturated carbocycles. The molecule has 0 aliphatic heterocycles. The van der Waals surface area contributed by atoms with Crippen molar-refractivity contribution in [1.29, 1.82) is 0 Å². The Morgan fingerprint density at radius 1 is 1.29 bits per heavy atom. The van der Waals surface area contributed by atoms with Crippen LogP contribution >= 0.6 is 0 Å². The molecule has 5 heteroatoms. The molecule has 2 unspecified atom stereocenters. The molecule has 0 radical (unpaired) electrons. The molecule has 100 valence electrons. The fraction of sp³-hybridized carbons (Fsp3) is 0.917. The minimum Gasteiger partial charge on any atom is -0.460 e. The molecule has 0 bridgehead atoms. The van der Waals surface area contributed by atoms with Crippen molar-refractivity contribution in [3.63, 3.8) is 0 Å². The lowest BCUT2D eigenvalue weighted by Gasteiger charge is -2.23. The van der Waals surface area contributed by atoms with Gasteiger partial charge in [0.05, 0.1) is 12.0 Å². The van der Waals surface area contributed by atoms with E-state index in [4.69, 9.17) is 10.5 Å². The van der Waals surface area contributed by atoms with Crippen molar-refractivity contribution in [2.45, 2.75) is 64.0 Å². The van der Waals surface area contributed by atoms with Gasteiger partial charge in [0.25, 0.3) is 5.92 Å². The molecule has 3 nitrogen and oxygen atoms in total. The Hall–Kier alpha value is -0.710. The van der Waals surface area contributed by atoms with Crippen LogP contribution in [0.3, 0.4) is 0 Å². The van der Waals surface area contributed by atoms with Gasteiger partial charge in [-0.1, -0.05) is 0 Å². The fourth-order valence-corrected chi connectivity index (χ4v) is 1.91. The van der Waals surface area contributed by atoms with Gasteiger partial charge in [0.1, 0.15) is 5.60 Å². The molecule has 2 N–H and O–H groups in total. The number of carbonyl (C=O) groups excluding carboxylic acids is 1. The van der Waals surface area contributed by atoms with Gasteiger partial charge in [0.15, 0.2) is 0 Å². The molecule has 0 aromatic heterocycles. The van der Waals surface area contributed by atoms with Crippen LogP contribution in [0.15, 0.2) is 0 Å². The van der Waals surface area contributed by atoms with E-state index in [9.17, 15) is 13.6 Å². The van der Waals surface area contributed by atoms with E-state index < -0.39 is 23.5 Å². The van der Waals surface area contributed by atoms with E-state index in [-0.39, 0.29) is 25.2 Å². The van der Waals surface area contributed by atoms with Gasteiger partial charge >= 0.3 is 5.97 Å². The second-order valence-electron chi connectivity index (χ2n) is 5.71. The van der Waals surface area contributed by atoms with Crippen LogP contribution in [0.2, 0.25) is 0 Å². The number of rotatable bonds is 1. The van der Waals surface area contributed by atoms with Crippen molar-refractivity contribution in [2.75, 3.05) is 0 Å². The maximum Gasteiger partial charge on any atom is 0.309 e. The maximum absolute atomic E-state index is 13.4. The molecule has 1 fully saturated rings. The number of hydrogen-bond donors (Lipinski definition) is 1. The van der Waals surface area contributed by atoms with E-state index in [1.807, 2.05) is 0 Å². The first-order valence-corrected chi connectivity index (χ1v) is 5.98. The number of nitrogens with two attached hydrogens (primary N) is 1. The van der Waals surface area contributed by atoms with Gasteiger partial charge in [-0.2, -0.15) is 0 Å². The highest BCUT2D eigenvalue weighted by molar-refractivity contribution is 5.72. The predicted octanol–water partition coefficient (Wildman–Crippen LogP) is 2.48. The lowest BCUT2D eigenvalue weighted by Crippen LogP contribution is -2.39. The van der Waals surface area contributed by atoms with Crippen LogP contribution in [0, 0.1) is 5.92 Å². The largest absolute Gasteiger partial charge is 0.460 e. The number of esters is 1. The average Bonchev–Trinajstić information content (AvgIpc) is 2.25. The lowest BCUT2D eigenvalue weighted by atomic mass is 10.00. The Morgan fingerprint density at radius 3 is 2.41 bits per heavy atom. The molecule has 0 heterocycles. The monoisotopic (exact) mass is 249 g/mol. The van der Waals surface area contributed by atoms with Crippen molar-refractivity contribution in [3.05, 3.63) is 0 Å². The SMILES string of the molecule is CC(C)(C)OC(=O)C1CCC(N)C(F)(F)CC1. The van der Waals surface area contributed by atoms with Crippen LogP contribution in [0.25, 0.3) is 0 Å². The van der Waals surface area contributed by atoms with Crippen LogP contribution in [-0.2, 0) is 9.53 Å². The summed E-state index contributed by atoms with van der Waals surface area (Å²) in [4.78, 5) is 11.8. The summed E-state index contributed by atoms with van der Waals surface area (Å²) >= 11 is 0. The molecular formula is C12H21F2NO2. The Morgan fingerprint density at radius 2 is 1.88 bits per heavy atom. The van der Waals surface area contributed by atoms with E-state index in [0.717, 1.165) is 0 Å². The van der Waals surface area contributed by atoms with Gasteiger partial charge in [-0.15, -0.1) is 0 Å². The highest BCUT2D eigenvalue weighted by atomic mass is 19.3. The van der Waals surface area contributed by atoms with E-state index in [1.165, 1.54) is 0 Å². The average molecular weight is 249 g/mol. The van der Waals surface area contributed by atoms with Crippen molar-refractivity contribution < 1.29 is 18.3 Å². The van der Waals surface area contributed by atoms with Gasteiger partial charge in [-0.3, -0.25) is 4.79 Å². The number of alkyl halides is 2. The summed E-state index contributed by atoms with van der Waals surface area (Å²) in [6.45, 7) is 5.30. The van der Waals surface area contributed by atoms with Gasteiger partial charge in [-0.25, -0.2) is 8.78 Å². The summed E-state index contributed by atoms with van der Waals surface area (Å²) in [6.07, 6.45) is 0.357. The first kappa shape index (κ1) is 14.4. The minimum absolute atomic E-state index is 0.148. The zero-order chi connectivity index (χ0) is 13.3. The number of hydrogen-bond acceptors (Lipinski definition) is 3. The van der Waals surface area contributed by atoms with Crippen molar-refractivity contribution >= 4 is 5.97 Å². The normalized spacial score (nSPS) is 29.5. The first-order valence-electron chi connectivity index (χ1n) is 5.98. The van der Waals surface area contributed by atoms with Crippen molar-refractivity contribution in [1.82, 2.24) is 0 Å². The summed E-state index contributed by atoms with van der Waals surface area (Å²) in [5, 5.41) is 0. The maximum atomic E-state index is 13.4. The Labute approximate surface area is 101 Å². The van der Waals surface area contributed by atoms with Gasteiger partial charge < -0.3 is 10.5 Å². The molecule has 0 aromatic carbocycles. The summed E-state index contributed by atoms with van der Waals surface area (Å²) in [7, 11) is 0. The van der Waals surface area contributed by atoms with Crippen molar-refractivity contribution in [3.8, 4) is 0 Å². The second-order valence-corrected chi connectivity index (χ2v) is 5.71. The lowest BCUT2D eigenvalue weighted by molar-refractivity contribution is -0.160. The molecule has 0 aromatic rings. The minimum atomic E-state index is -2.86. The molecule has 17 heavy (non-hydrogen) atoms. The van der Waals surface area contributed by atoms with Crippen LogP contribution < -0.4 is 5.73 Å². The van der Waals surface area contributed by atoms with Gasteiger partial charge in [0, 0.05) is 6.42 Å². The van der Waals surface area contributed by atoms with Crippen LogP contribution in [0.4, 0.5) is 8.78 Å². The zero-order valence-corrected chi connectivity index (χ0v) is 10.6. The predicted molar refractivity (Wildman–Crippen MR) is 60.7 cm³/mol. The molecular weight excluding hydrogens is 228 g/mol. The van der Waals surface area contributed by atoms with E-state index in [2.05, 4.69) is 0 Å². The number of halogens is 2. The third-order valence-corrected chi connectivity index (χ3v) is 2.93. The standard InChI is InChI=1S/C12H21F2NO2/c1-11(2,3)17-10(16)8-4-5-9(15)12(13,14)7-6-8/h8-9H,4-7,15H2,1-3H3. The van der Waals surface area contributed by atoms with Crippen LogP contribution in [0.5, 0.6) is 0 Å². The molecule has 1 aliphatic carbocycles. The van der Waals surface area contributed by atoms with Crippen LogP contribution in [-0.4, -0.2) is 23.5 Å². The van der Waals surface area contributed by atoms with Gasteiger partial charge in [-0.05, 0) is 40.0 Å².